The van der Waals surface area contributed by atoms with E-state index in [-0.39, 0.29) is 12.0 Å². The van der Waals surface area contributed by atoms with Crippen molar-refractivity contribution >= 4 is 5.96 Å². The minimum absolute atomic E-state index is 0.131. The standard InChI is InChI=1S/C21H33F2N3O2/c1-2-24-20(26-16-21(11-12-27)9-4-3-5-10-21)25-14-17-7-6-8-18(13-17)28-15-19(22)23/h6-8,13,19,27H,2-5,9-12,14-16H2,1H3,(H2,24,25,26). The van der Waals surface area contributed by atoms with Gasteiger partial charge in [0.25, 0.3) is 6.43 Å². The van der Waals surface area contributed by atoms with E-state index >= 15 is 0 Å². The molecule has 2 rings (SSSR count). The van der Waals surface area contributed by atoms with Gasteiger partial charge in [0.2, 0.25) is 0 Å². The number of aliphatic imine (C=N–C) groups is 1. The van der Waals surface area contributed by atoms with Gasteiger partial charge < -0.3 is 20.5 Å². The molecular weight excluding hydrogens is 364 g/mol. The average Bonchev–Trinajstić information content (AvgIpc) is 2.70. The molecule has 1 aromatic carbocycles. The summed E-state index contributed by atoms with van der Waals surface area (Å²) in [5, 5.41) is 16.2. The number of guanidine groups is 1. The second kappa shape index (κ2) is 11.8. The second-order valence-electron chi connectivity index (χ2n) is 7.43. The van der Waals surface area contributed by atoms with Gasteiger partial charge >= 0.3 is 0 Å². The highest BCUT2D eigenvalue weighted by Crippen LogP contribution is 2.38. The summed E-state index contributed by atoms with van der Waals surface area (Å²) in [6.07, 6.45) is 4.26. The maximum absolute atomic E-state index is 12.3. The molecule has 0 amide bonds. The summed E-state index contributed by atoms with van der Waals surface area (Å²) in [5.74, 6) is 1.15. The van der Waals surface area contributed by atoms with Gasteiger partial charge in [0.15, 0.2) is 5.96 Å². The molecule has 0 heterocycles. The molecule has 0 unspecified atom stereocenters. The maximum atomic E-state index is 12.3. The van der Waals surface area contributed by atoms with E-state index in [9.17, 15) is 13.9 Å². The number of aliphatic hydroxyl groups is 1. The third-order valence-corrected chi connectivity index (χ3v) is 5.23. The van der Waals surface area contributed by atoms with Gasteiger partial charge in [-0.3, -0.25) is 0 Å². The number of aliphatic hydroxyl groups excluding tert-OH is 1. The first kappa shape index (κ1) is 22.4. The topological polar surface area (TPSA) is 65.9 Å². The molecule has 0 aromatic heterocycles. The van der Waals surface area contributed by atoms with Crippen LogP contribution in [-0.2, 0) is 6.54 Å². The number of ether oxygens (including phenoxy) is 1. The number of alkyl halides is 2. The van der Waals surface area contributed by atoms with Crippen LogP contribution in [0.2, 0.25) is 0 Å². The lowest BCUT2D eigenvalue weighted by Crippen LogP contribution is -2.44. The third-order valence-electron chi connectivity index (χ3n) is 5.23. The van der Waals surface area contributed by atoms with Crippen LogP contribution in [0, 0.1) is 5.41 Å². The van der Waals surface area contributed by atoms with Crippen LogP contribution >= 0.6 is 0 Å². The van der Waals surface area contributed by atoms with Crippen molar-refractivity contribution in [3.8, 4) is 5.75 Å². The zero-order valence-corrected chi connectivity index (χ0v) is 16.7. The highest BCUT2D eigenvalue weighted by Gasteiger charge is 2.31. The van der Waals surface area contributed by atoms with Crippen molar-refractivity contribution in [2.75, 3.05) is 26.3 Å². The Morgan fingerprint density at radius 3 is 2.71 bits per heavy atom. The Kier molecular flexibility index (Phi) is 9.47. The fourth-order valence-electron chi connectivity index (χ4n) is 3.73. The summed E-state index contributed by atoms with van der Waals surface area (Å²) in [6, 6.07) is 7.09. The molecule has 1 aromatic rings. The number of halogens is 2. The molecule has 1 aliphatic carbocycles. The Morgan fingerprint density at radius 2 is 2.04 bits per heavy atom. The van der Waals surface area contributed by atoms with Gasteiger partial charge in [-0.25, -0.2) is 13.8 Å². The van der Waals surface area contributed by atoms with Crippen molar-refractivity contribution in [2.45, 2.75) is 58.4 Å². The Labute approximate surface area is 166 Å². The van der Waals surface area contributed by atoms with E-state index in [1.807, 2.05) is 13.0 Å². The molecule has 3 N–H and O–H groups in total. The minimum Gasteiger partial charge on any atom is -0.488 e. The molecule has 28 heavy (non-hydrogen) atoms. The van der Waals surface area contributed by atoms with E-state index < -0.39 is 13.0 Å². The molecular formula is C21H33F2N3O2. The van der Waals surface area contributed by atoms with Crippen LogP contribution in [0.3, 0.4) is 0 Å². The Balaban J connectivity index is 1.96. The van der Waals surface area contributed by atoms with Gasteiger partial charge in [-0.2, -0.15) is 0 Å². The lowest BCUT2D eigenvalue weighted by atomic mass is 9.72. The predicted octanol–water partition coefficient (Wildman–Crippen LogP) is 3.72. The number of nitrogens with zero attached hydrogens (tertiary/aromatic N) is 1. The number of nitrogens with one attached hydrogen (secondary N) is 2. The molecule has 5 nitrogen and oxygen atoms in total. The molecule has 1 fully saturated rings. The van der Waals surface area contributed by atoms with Crippen LogP contribution in [0.4, 0.5) is 8.78 Å². The molecule has 0 atom stereocenters. The minimum atomic E-state index is -2.49. The van der Waals surface area contributed by atoms with Gasteiger partial charge in [0, 0.05) is 19.7 Å². The van der Waals surface area contributed by atoms with Crippen molar-refractivity contribution in [1.82, 2.24) is 10.6 Å². The summed E-state index contributed by atoms with van der Waals surface area (Å²) in [7, 11) is 0. The van der Waals surface area contributed by atoms with Crippen LogP contribution < -0.4 is 15.4 Å². The molecule has 0 saturated heterocycles. The van der Waals surface area contributed by atoms with Crippen LogP contribution in [0.1, 0.15) is 51.0 Å². The van der Waals surface area contributed by atoms with E-state index in [0.29, 0.717) is 12.3 Å². The summed E-state index contributed by atoms with van der Waals surface area (Å²) in [5.41, 5.74) is 1.03. The van der Waals surface area contributed by atoms with E-state index in [2.05, 4.69) is 15.6 Å². The smallest absolute Gasteiger partial charge is 0.272 e. The van der Waals surface area contributed by atoms with E-state index in [1.54, 1.807) is 18.2 Å². The van der Waals surface area contributed by atoms with Crippen molar-refractivity contribution in [1.29, 1.82) is 0 Å². The first-order chi connectivity index (χ1) is 13.6. The summed E-state index contributed by atoms with van der Waals surface area (Å²) >= 11 is 0. The SMILES string of the molecule is CCNC(=NCc1cccc(OCC(F)F)c1)NCC1(CCO)CCCCC1. The van der Waals surface area contributed by atoms with Crippen molar-refractivity contribution in [2.24, 2.45) is 10.4 Å². The Bertz CT molecular complexity index is 600. The molecule has 0 radical (unpaired) electrons. The quantitative estimate of drug-likeness (QED) is 0.416. The van der Waals surface area contributed by atoms with Gasteiger partial charge in [-0.05, 0) is 49.3 Å². The Hall–Kier alpha value is -1.89. The maximum Gasteiger partial charge on any atom is 0.272 e. The number of benzene rings is 1. The monoisotopic (exact) mass is 397 g/mol. The first-order valence-corrected chi connectivity index (χ1v) is 10.2. The molecule has 158 valence electrons. The largest absolute Gasteiger partial charge is 0.488 e. The highest BCUT2D eigenvalue weighted by molar-refractivity contribution is 5.79. The second-order valence-corrected chi connectivity index (χ2v) is 7.43. The highest BCUT2D eigenvalue weighted by atomic mass is 19.3. The predicted molar refractivity (Wildman–Crippen MR) is 108 cm³/mol. The van der Waals surface area contributed by atoms with Gasteiger partial charge in [-0.15, -0.1) is 0 Å². The van der Waals surface area contributed by atoms with Crippen LogP contribution in [-0.4, -0.2) is 43.8 Å². The van der Waals surface area contributed by atoms with Gasteiger partial charge in [-0.1, -0.05) is 31.4 Å². The summed E-state index contributed by atoms with van der Waals surface area (Å²) < 4.78 is 29.7. The average molecular weight is 398 g/mol. The summed E-state index contributed by atoms with van der Waals surface area (Å²) in [4.78, 5) is 4.62. The third kappa shape index (κ3) is 7.62. The number of hydrogen-bond acceptors (Lipinski definition) is 3. The normalized spacial score (nSPS) is 16.8. The zero-order valence-electron chi connectivity index (χ0n) is 16.7. The van der Waals surface area contributed by atoms with Crippen LogP contribution in [0.15, 0.2) is 29.3 Å². The molecule has 0 bridgehead atoms. The lowest BCUT2D eigenvalue weighted by molar-refractivity contribution is 0.0818. The number of rotatable bonds is 10. The van der Waals surface area contributed by atoms with Crippen LogP contribution in [0.5, 0.6) is 5.75 Å². The molecule has 0 spiro atoms. The molecule has 1 aliphatic rings. The fraction of sp³-hybridized carbons (Fsp3) is 0.667. The van der Waals surface area contributed by atoms with Gasteiger partial charge in [0.05, 0.1) is 6.54 Å². The van der Waals surface area contributed by atoms with E-state index in [1.165, 1.54) is 19.3 Å². The van der Waals surface area contributed by atoms with Gasteiger partial charge in [0.1, 0.15) is 12.4 Å². The molecule has 7 heteroatoms. The van der Waals surface area contributed by atoms with Crippen LogP contribution in [0.25, 0.3) is 0 Å². The zero-order chi connectivity index (χ0) is 20.2. The van der Waals surface area contributed by atoms with E-state index in [0.717, 1.165) is 43.9 Å². The lowest BCUT2D eigenvalue weighted by Gasteiger charge is -2.37. The summed E-state index contributed by atoms with van der Waals surface area (Å²) in [6.45, 7) is 3.58. The Morgan fingerprint density at radius 1 is 1.25 bits per heavy atom. The molecule has 0 aliphatic heterocycles. The van der Waals surface area contributed by atoms with Crippen molar-refractivity contribution in [3.63, 3.8) is 0 Å². The fourth-order valence-corrected chi connectivity index (χ4v) is 3.73. The number of hydrogen-bond donors (Lipinski definition) is 3. The van der Waals surface area contributed by atoms with Crippen molar-refractivity contribution < 1.29 is 18.6 Å². The molecule has 1 saturated carbocycles. The first-order valence-electron chi connectivity index (χ1n) is 10.2. The van der Waals surface area contributed by atoms with E-state index in [4.69, 9.17) is 4.74 Å². The van der Waals surface area contributed by atoms with Crippen molar-refractivity contribution in [3.05, 3.63) is 29.8 Å².